The van der Waals surface area contributed by atoms with Gasteiger partial charge in [-0.15, -0.1) is 0 Å². The average Bonchev–Trinajstić information content (AvgIpc) is 2.20. The van der Waals surface area contributed by atoms with Gasteiger partial charge in [0.05, 0.1) is 6.61 Å². The molecule has 1 heterocycles. The van der Waals surface area contributed by atoms with Crippen molar-refractivity contribution in [1.29, 1.82) is 0 Å². The van der Waals surface area contributed by atoms with E-state index in [1.807, 2.05) is 0 Å². The Morgan fingerprint density at radius 3 is 2.44 bits per heavy atom. The Kier molecular flexibility index (Phi) is 4.25. The fourth-order valence-corrected chi connectivity index (χ4v) is 1.53. The summed E-state index contributed by atoms with van der Waals surface area (Å²) in [5.41, 5.74) is 1.45. The Balaban J connectivity index is 2.81. The van der Waals surface area contributed by atoms with Crippen LogP contribution >= 0.6 is 0 Å². The van der Waals surface area contributed by atoms with E-state index in [-0.39, 0.29) is 31.0 Å². The second kappa shape index (κ2) is 5.46. The van der Waals surface area contributed by atoms with Crippen molar-refractivity contribution in [2.45, 2.75) is 20.4 Å². The van der Waals surface area contributed by atoms with E-state index in [2.05, 4.69) is 5.32 Å². The molecule has 0 saturated heterocycles. The molecule has 0 aliphatic heterocycles. The zero-order valence-electron chi connectivity index (χ0n) is 9.49. The molecule has 0 aliphatic rings. The lowest BCUT2D eigenvalue weighted by molar-refractivity contribution is -0.121. The molecule has 0 aliphatic carbocycles. The normalized spacial score (nSPS) is 10.2. The number of aromatic nitrogens is 1. The fraction of sp³-hybridized carbons (Fsp3) is 0.455. The van der Waals surface area contributed by atoms with Crippen LogP contribution in [-0.4, -0.2) is 28.7 Å². The highest BCUT2D eigenvalue weighted by atomic mass is 16.3. The first-order valence-corrected chi connectivity index (χ1v) is 5.10. The van der Waals surface area contributed by atoms with Gasteiger partial charge in [-0.2, -0.15) is 0 Å². The molecule has 0 radical (unpaired) electrons. The van der Waals surface area contributed by atoms with Gasteiger partial charge in [0.1, 0.15) is 6.54 Å². The van der Waals surface area contributed by atoms with Gasteiger partial charge >= 0.3 is 0 Å². The summed E-state index contributed by atoms with van der Waals surface area (Å²) >= 11 is 0. The number of amides is 1. The molecule has 0 atom stereocenters. The number of carbonyl (C=O) groups is 1. The SMILES string of the molecule is Cc1cc(=O)cc(C)n1CC(=O)NCCO. The van der Waals surface area contributed by atoms with Crippen molar-refractivity contribution >= 4 is 5.91 Å². The van der Waals surface area contributed by atoms with Gasteiger partial charge in [0.15, 0.2) is 5.43 Å². The van der Waals surface area contributed by atoms with E-state index in [0.717, 1.165) is 11.4 Å². The van der Waals surface area contributed by atoms with E-state index in [1.165, 1.54) is 12.1 Å². The lowest BCUT2D eigenvalue weighted by Crippen LogP contribution is -2.31. The van der Waals surface area contributed by atoms with Crippen molar-refractivity contribution in [2.24, 2.45) is 0 Å². The molecule has 88 valence electrons. The molecule has 16 heavy (non-hydrogen) atoms. The predicted octanol–water partition coefficient (Wildman–Crippen LogP) is -0.426. The molecule has 1 amide bonds. The number of rotatable bonds is 4. The number of aliphatic hydroxyl groups excluding tert-OH is 1. The Bertz CT molecular complexity index is 411. The Hall–Kier alpha value is -1.62. The topological polar surface area (TPSA) is 71.3 Å². The zero-order chi connectivity index (χ0) is 12.1. The number of aliphatic hydroxyl groups is 1. The van der Waals surface area contributed by atoms with Crippen LogP contribution in [0.25, 0.3) is 0 Å². The van der Waals surface area contributed by atoms with Crippen molar-refractivity contribution in [3.05, 3.63) is 33.7 Å². The smallest absolute Gasteiger partial charge is 0.240 e. The molecule has 5 heteroatoms. The molecule has 1 rings (SSSR count). The highest BCUT2D eigenvalue weighted by Gasteiger charge is 2.06. The van der Waals surface area contributed by atoms with Crippen molar-refractivity contribution in [3.63, 3.8) is 0 Å². The third-order valence-electron chi connectivity index (χ3n) is 2.29. The summed E-state index contributed by atoms with van der Waals surface area (Å²) in [4.78, 5) is 22.6. The van der Waals surface area contributed by atoms with Crippen molar-refractivity contribution in [1.82, 2.24) is 9.88 Å². The molecule has 5 nitrogen and oxygen atoms in total. The van der Waals surface area contributed by atoms with E-state index in [1.54, 1.807) is 18.4 Å². The number of nitrogens with one attached hydrogen (secondary N) is 1. The number of aryl methyl sites for hydroxylation is 2. The summed E-state index contributed by atoms with van der Waals surface area (Å²) in [6.07, 6.45) is 0. The Morgan fingerprint density at radius 2 is 1.94 bits per heavy atom. The highest BCUT2D eigenvalue weighted by Crippen LogP contribution is 2.00. The number of hydrogen-bond acceptors (Lipinski definition) is 3. The highest BCUT2D eigenvalue weighted by molar-refractivity contribution is 5.75. The zero-order valence-corrected chi connectivity index (χ0v) is 9.49. The Labute approximate surface area is 93.7 Å². The summed E-state index contributed by atoms with van der Waals surface area (Å²) in [5.74, 6) is -0.177. The maximum atomic E-state index is 11.4. The van der Waals surface area contributed by atoms with Crippen LogP contribution in [0, 0.1) is 13.8 Å². The van der Waals surface area contributed by atoms with Crippen LogP contribution < -0.4 is 10.7 Å². The molecule has 0 saturated carbocycles. The number of hydrogen-bond donors (Lipinski definition) is 2. The molecular weight excluding hydrogens is 208 g/mol. The Morgan fingerprint density at radius 1 is 1.38 bits per heavy atom. The van der Waals surface area contributed by atoms with Crippen LogP contribution in [0.5, 0.6) is 0 Å². The van der Waals surface area contributed by atoms with E-state index in [9.17, 15) is 9.59 Å². The standard InChI is InChI=1S/C11H16N2O3/c1-8-5-10(15)6-9(2)13(8)7-11(16)12-3-4-14/h5-6,14H,3-4,7H2,1-2H3,(H,12,16). The molecular formula is C11H16N2O3. The summed E-state index contributed by atoms with van der Waals surface area (Å²) in [6.45, 7) is 3.91. The van der Waals surface area contributed by atoms with E-state index >= 15 is 0 Å². The summed E-state index contributed by atoms with van der Waals surface area (Å²) < 4.78 is 1.76. The first-order valence-electron chi connectivity index (χ1n) is 5.10. The van der Waals surface area contributed by atoms with Crippen molar-refractivity contribution in [3.8, 4) is 0 Å². The number of nitrogens with zero attached hydrogens (tertiary/aromatic N) is 1. The van der Waals surface area contributed by atoms with Crippen LogP contribution in [0.15, 0.2) is 16.9 Å². The molecule has 0 bridgehead atoms. The van der Waals surface area contributed by atoms with Gasteiger partial charge < -0.3 is 15.0 Å². The summed E-state index contributed by atoms with van der Waals surface area (Å²) in [6, 6.07) is 2.98. The van der Waals surface area contributed by atoms with Crippen LogP contribution in [0.2, 0.25) is 0 Å². The monoisotopic (exact) mass is 224 g/mol. The van der Waals surface area contributed by atoms with E-state index in [4.69, 9.17) is 5.11 Å². The van der Waals surface area contributed by atoms with Gasteiger partial charge in [-0.3, -0.25) is 9.59 Å². The molecule has 2 N–H and O–H groups in total. The number of pyridine rings is 1. The third-order valence-corrected chi connectivity index (χ3v) is 2.29. The molecule has 0 spiro atoms. The second-order valence-corrected chi connectivity index (χ2v) is 3.63. The maximum absolute atomic E-state index is 11.4. The van der Waals surface area contributed by atoms with Gasteiger partial charge in [-0.1, -0.05) is 0 Å². The fourth-order valence-electron chi connectivity index (χ4n) is 1.53. The van der Waals surface area contributed by atoms with Gasteiger partial charge in [0.2, 0.25) is 5.91 Å². The second-order valence-electron chi connectivity index (χ2n) is 3.63. The third kappa shape index (κ3) is 3.20. The summed E-state index contributed by atoms with van der Waals surface area (Å²) in [5, 5.41) is 11.1. The van der Waals surface area contributed by atoms with E-state index in [0.29, 0.717) is 0 Å². The number of carbonyl (C=O) groups excluding carboxylic acids is 1. The van der Waals surface area contributed by atoms with Crippen molar-refractivity contribution in [2.75, 3.05) is 13.2 Å². The predicted molar refractivity (Wildman–Crippen MR) is 60.3 cm³/mol. The van der Waals surface area contributed by atoms with Gasteiger partial charge in [0, 0.05) is 30.1 Å². The largest absolute Gasteiger partial charge is 0.395 e. The summed E-state index contributed by atoms with van der Waals surface area (Å²) in [7, 11) is 0. The quantitative estimate of drug-likeness (QED) is 0.729. The lowest BCUT2D eigenvalue weighted by Gasteiger charge is -2.13. The minimum Gasteiger partial charge on any atom is -0.395 e. The molecule has 1 aromatic rings. The average molecular weight is 224 g/mol. The molecule has 0 aromatic carbocycles. The van der Waals surface area contributed by atoms with Crippen molar-refractivity contribution < 1.29 is 9.90 Å². The minimum absolute atomic E-state index is 0.0537. The molecule has 0 unspecified atom stereocenters. The van der Waals surface area contributed by atoms with Crippen LogP contribution in [0.1, 0.15) is 11.4 Å². The molecule has 1 aromatic heterocycles. The van der Waals surface area contributed by atoms with Crippen LogP contribution in [-0.2, 0) is 11.3 Å². The maximum Gasteiger partial charge on any atom is 0.240 e. The van der Waals surface area contributed by atoms with Crippen LogP contribution in [0.3, 0.4) is 0 Å². The first kappa shape index (κ1) is 12.4. The minimum atomic E-state index is -0.177. The van der Waals surface area contributed by atoms with E-state index < -0.39 is 0 Å². The van der Waals surface area contributed by atoms with Gasteiger partial charge in [-0.05, 0) is 13.8 Å². The lowest BCUT2D eigenvalue weighted by atomic mass is 10.3. The van der Waals surface area contributed by atoms with Gasteiger partial charge in [-0.25, -0.2) is 0 Å². The van der Waals surface area contributed by atoms with Gasteiger partial charge in [0.25, 0.3) is 0 Å². The first-order chi connectivity index (χ1) is 7.54. The van der Waals surface area contributed by atoms with Crippen LogP contribution in [0.4, 0.5) is 0 Å². The molecule has 0 fully saturated rings.